The summed E-state index contributed by atoms with van der Waals surface area (Å²) in [7, 11) is 0. The van der Waals surface area contributed by atoms with E-state index in [0.717, 1.165) is 6.42 Å². The summed E-state index contributed by atoms with van der Waals surface area (Å²) in [5, 5.41) is 0.412. The fraction of sp³-hybridized carbons (Fsp3) is 0.692. The highest BCUT2D eigenvalue weighted by Crippen LogP contribution is 2.34. The Morgan fingerprint density at radius 3 is 2.21 bits per heavy atom. The Morgan fingerprint density at radius 2 is 1.79 bits per heavy atom. The lowest BCUT2D eigenvalue weighted by Gasteiger charge is -2.33. The lowest BCUT2D eigenvalue weighted by Crippen LogP contribution is -2.29. The van der Waals surface area contributed by atoms with Crippen LogP contribution >= 0.6 is 12.6 Å². The van der Waals surface area contributed by atoms with Crippen LogP contribution in [0.1, 0.15) is 41.0 Å². The molecule has 0 saturated heterocycles. The summed E-state index contributed by atoms with van der Waals surface area (Å²) in [6, 6.07) is 0. The maximum atomic E-state index is 4.73. The summed E-state index contributed by atoms with van der Waals surface area (Å²) in [5.41, 5.74) is 0.258. The molecule has 0 aliphatic heterocycles. The van der Waals surface area contributed by atoms with Crippen LogP contribution in [0.3, 0.4) is 0 Å². The first kappa shape index (κ1) is 13.8. The molecule has 2 atom stereocenters. The topological polar surface area (TPSA) is 0 Å². The van der Waals surface area contributed by atoms with Crippen LogP contribution in [0.4, 0.5) is 0 Å². The van der Waals surface area contributed by atoms with Gasteiger partial charge in [-0.05, 0) is 31.6 Å². The van der Waals surface area contributed by atoms with Gasteiger partial charge in [-0.15, -0.1) is 0 Å². The third-order valence-corrected chi connectivity index (χ3v) is 3.84. The van der Waals surface area contributed by atoms with Crippen molar-refractivity contribution in [3.05, 3.63) is 24.3 Å². The van der Waals surface area contributed by atoms with Crippen LogP contribution in [0, 0.1) is 11.3 Å². The summed E-state index contributed by atoms with van der Waals surface area (Å²) < 4.78 is 0. The first-order valence-electron chi connectivity index (χ1n) is 5.37. The van der Waals surface area contributed by atoms with Crippen molar-refractivity contribution in [2.45, 2.75) is 46.3 Å². The maximum Gasteiger partial charge on any atom is 0.0131 e. The van der Waals surface area contributed by atoms with E-state index < -0.39 is 0 Å². The zero-order chi connectivity index (χ0) is 11.2. The van der Waals surface area contributed by atoms with Gasteiger partial charge in [-0.25, -0.2) is 0 Å². The smallest absolute Gasteiger partial charge is 0.0131 e. The van der Waals surface area contributed by atoms with Gasteiger partial charge < -0.3 is 0 Å². The van der Waals surface area contributed by atoms with E-state index in [2.05, 4.69) is 58.9 Å². The highest BCUT2D eigenvalue weighted by molar-refractivity contribution is 7.81. The van der Waals surface area contributed by atoms with Gasteiger partial charge in [0.2, 0.25) is 0 Å². The van der Waals surface area contributed by atoms with Gasteiger partial charge in [0, 0.05) is 5.25 Å². The molecule has 0 radical (unpaired) electrons. The summed E-state index contributed by atoms with van der Waals surface area (Å²) >= 11 is 4.73. The molecule has 82 valence electrons. The highest BCUT2D eigenvalue weighted by atomic mass is 32.1. The van der Waals surface area contributed by atoms with E-state index in [0.29, 0.717) is 11.2 Å². The molecule has 0 bridgehead atoms. The van der Waals surface area contributed by atoms with E-state index in [4.69, 9.17) is 12.6 Å². The van der Waals surface area contributed by atoms with Crippen molar-refractivity contribution in [1.29, 1.82) is 0 Å². The maximum absolute atomic E-state index is 4.73. The van der Waals surface area contributed by atoms with Crippen LogP contribution in [0.5, 0.6) is 0 Å². The molecule has 14 heavy (non-hydrogen) atoms. The predicted octanol–water partition coefficient (Wildman–Crippen LogP) is 4.49. The van der Waals surface area contributed by atoms with Crippen molar-refractivity contribution in [3.63, 3.8) is 0 Å². The molecule has 2 unspecified atom stereocenters. The molecule has 0 aromatic heterocycles. The van der Waals surface area contributed by atoms with E-state index in [1.807, 2.05) is 0 Å². The molecular weight excluding hydrogens is 188 g/mol. The van der Waals surface area contributed by atoms with Crippen molar-refractivity contribution in [2.75, 3.05) is 0 Å². The lowest BCUT2D eigenvalue weighted by molar-refractivity contribution is 0.320. The Bertz CT molecular complexity index is 201. The summed E-state index contributed by atoms with van der Waals surface area (Å²) in [6.45, 7) is 10.9. The molecular formula is C13H24S. The molecule has 0 heterocycles. The first-order valence-corrected chi connectivity index (χ1v) is 5.89. The molecule has 0 rings (SSSR count). The molecule has 0 amide bonds. The van der Waals surface area contributed by atoms with Crippen molar-refractivity contribution in [1.82, 2.24) is 0 Å². The van der Waals surface area contributed by atoms with Crippen molar-refractivity contribution >= 4 is 12.6 Å². The minimum Gasteiger partial charge on any atom is -0.175 e. The molecule has 0 nitrogen and oxygen atoms in total. The Hall–Kier alpha value is -0.170. The molecule has 1 heteroatoms. The lowest BCUT2D eigenvalue weighted by atomic mass is 9.79. The van der Waals surface area contributed by atoms with Crippen LogP contribution in [-0.4, -0.2) is 5.25 Å². The third kappa shape index (κ3) is 4.36. The van der Waals surface area contributed by atoms with Crippen LogP contribution in [0.2, 0.25) is 0 Å². The van der Waals surface area contributed by atoms with Gasteiger partial charge in [-0.1, -0.05) is 45.1 Å². The molecule has 0 aliphatic rings. The van der Waals surface area contributed by atoms with Crippen LogP contribution < -0.4 is 0 Å². The van der Waals surface area contributed by atoms with E-state index in [1.165, 1.54) is 0 Å². The fourth-order valence-electron chi connectivity index (χ4n) is 1.66. The number of allylic oxidation sites excluding steroid dienone is 4. The predicted molar refractivity (Wildman–Crippen MR) is 70.0 cm³/mol. The summed E-state index contributed by atoms with van der Waals surface area (Å²) in [5.74, 6) is 0.531. The fourth-order valence-corrected chi connectivity index (χ4v) is 1.87. The van der Waals surface area contributed by atoms with E-state index in [1.54, 1.807) is 0 Å². The van der Waals surface area contributed by atoms with Crippen molar-refractivity contribution in [3.8, 4) is 0 Å². The Morgan fingerprint density at radius 1 is 1.21 bits per heavy atom. The Balaban J connectivity index is 4.39. The normalized spacial score (nSPS) is 17.9. The van der Waals surface area contributed by atoms with Gasteiger partial charge in [0.25, 0.3) is 0 Å². The highest BCUT2D eigenvalue weighted by Gasteiger charge is 2.28. The molecule has 0 N–H and O–H groups in total. The molecule has 0 fully saturated rings. The minimum absolute atomic E-state index is 0.258. The number of thiol groups is 1. The number of rotatable bonds is 5. The standard InChI is InChI=1S/C13H24S/c1-6-8-10-13(4,5)12(14)11(3)9-7-2/h6-9,11-12,14H,10H2,1-5H3/b8-6-,9-7+. The van der Waals surface area contributed by atoms with Crippen molar-refractivity contribution in [2.24, 2.45) is 11.3 Å². The minimum atomic E-state index is 0.258. The zero-order valence-electron chi connectivity index (χ0n) is 10.1. The van der Waals surface area contributed by atoms with Gasteiger partial charge in [0.15, 0.2) is 0 Å². The SMILES string of the molecule is C/C=C\CC(C)(C)C(S)C(C)/C=C/C. The van der Waals surface area contributed by atoms with E-state index in [9.17, 15) is 0 Å². The largest absolute Gasteiger partial charge is 0.175 e. The van der Waals surface area contributed by atoms with Gasteiger partial charge >= 0.3 is 0 Å². The molecule has 0 aromatic rings. The van der Waals surface area contributed by atoms with E-state index in [-0.39, 0.29) is 5.41 Å². The van der Waals surface area contributed by atoms with Gasteiger partial charge in [-0.2, -0.15) is 12.6 Å². The van der Waals surface area contributed by atoms with Crippen LogP contribution in [0.15, 0.2) is 24.3 Å². The number of hydrogen-bond acceptors (Lipinski definition) is 1. The Kier molecular flexibility index (Phi) is 6.26. The monoisotopic (exact) mass is 212 g/mol. The zero-order valence-corrected chi connectivity index (χ0v) is 11.0. The second kappa shape index (κ2) is 6.34. The van der Waals surface area contributed by atoms with Crippen molar-refractivity contribution < 1.29 is 0 Å². The second-order valence-electron chi connectivity index (χ2n) is 4.59. The van der Waals surface area contributed by atoms with Gasteiger partial charge in [-0.3, -0.25) is 0 Å². The first-order chi connectivity index (χ1) is 6.45. The van der Waals surface area contributed by atoms with Crippen LogP contribution in [-0.2, 0) is 0 Å². The average Bonchev–Trinajstić information content (AvgIpc) is 2.14. The molecule has 0 aromatic carbocycles. The van der Waals surface area contributed by atoms with Crippen LogP contribution in [0.25, 0.3) is 0 Å². The van der Waals surface area contributed by atoms with Gasteiger partial charge in [0.05, 0.1) is 0 Å². The average molecular weight is 212 g/mol. The third-order valence-electron chi connectivity index (χ3n) is 2.67. The Labute approximate surface area is 94.9 Å². The summed E-state index contributed by atoms with van der Waals surface area (Å²) in [6.07, 6.45) is 9.78. The summed E-state index contributed by atoms with van der Waals surface area (Å²) in [4.78, 5) is 0. The van der Waals surface area contributed by atoms with E-state index >= 15 is 0 Å². The molecule has 0 saturated carbocycles. The second-order valence-corrected chi connectivity index (χ2v) is 5.15. The molecule has 0 aliphatic carbocycles. The number of hydrogen-bond donors (Lipinski definition) is 1. The molecule has 0 spiro atoms. The van der Waals surface area contributed by atoms with Gasteiger partial charge in [0.1, 0.15) is 0 Å². The quantitative estimate of drug-likeness (QED) is 0.504.